The Bertz CT molecular complexity index is 759. The van der Waals surface area contributed by atoms with E-state index in [4.69, 9.17) is 4.74 Å². The molecule has 106 valence electrons. The first kappa shape index (κ1) is 14.0. The van der Waals surface area contributed by atoms with Crippen LogP contribution in [0.2, 0.25) is 0 Å². The Balaban J connectivity index is 2.14. The molecule has 21 heavy (non-hydrogen) atoms. The maximum atomic E-state index is 5.33. The van der Waals surface area contributed by atoms with Gasteiger partial charge >= 0.3 is 0 Å². The predicted octanol–water partition coefficient (Wildman–Crippen LogP) is 5.22. The topological polar surface area (TPSA) is 14.2 Å². The number of hydrogen-bond donors (Lipinski definition) is 0. The molecule has 0 bridgehead atoms. The molecule has 0 unspecified atom stereocenters. The number of halogens is 1. The van der Waals surface area contributed by atoms with Crippen molar-refractivity contribution in [2.45, 2.75) is 6.92 Å². The summed E-state index contributed by atoms with van der Waals surface area (Å²) in [5, 5.41) is 0. The number of benzene rings is 2. The summed E-state index contributed by atoms with van der Waals surface area (Å²) < 4.78 is 8.66. The van der Waals surface area contributed by atoms with E-state index in [2.05, 4.69) is 76.0 Å². The highest BCUT2D eigenvalue weighted by Crippen LogP contribution is 2.28. The van der Waals surface area contributed by atoms with Gasteiger partial charge in [-0.1, -0.05) is 34.1 Å². The van der Waals surface area contributed by atoms with Crippen LogP contribution in [0.3, 0.4) is 0 Å². The summed E-state index contributed by atoms with van der Waals surface area (Å²) in [7, 11) is 1.69. The molecule has 0 aliphatic heterocycles. The molecule has 2 aromatic carbocycles. The molecule has 2 nitrogen and oxygen atoms in total. The summed E-state index contributed by atoms with van der Waals surface area (Å²) in [6.45, 7) is 2.11. The lowest BCUT2D eigenvalue weighted by atomic mass is 10.1. The van der Waals surface area contributed by atoms with Gasteiger partial charge in [0.25, 0.3) is 0 Å². The number of rotatable bonds is 3. The lowest BCUT2D eigenvalue weighted by Gasteiger charge is -2.13. The first-order valence-corrected chi connectivity index (χ1v) is 7.57. The van der Waals surface area contributed by atoms with Gasteiger partial charge in [-0.2, -0.15) is 0 Å². The number of methoxy groups -OCH3 is 1. The standard InChI is InChI=1S/C18H16BrNO/c1-13-6-11-18(14-7-9-15(19)10-8-14)20(13)16-4-3-5-17(12-16)21-2/h3-12H,1-2H3. The number of ether oxygens (including phenoxy) is 1. The second-order valence-electron chi connectivity index (χ2n) is 4.90. The summed E-state index contributed by atoms with van der Waals surface area (Å²) in [6.07, 6.45) is 0. The smallest absolute Gasteiger partial charge is 0.120 e. The minimum absolute atomic E-state index is 0.863. The number of nitrogens with zero attached hydrogens (tertiary/aromatic N) is 1. The Morgan fingerprint density at radius 3 is 2.43 bits per heavy atom. The summed E-state index contributed by atoms with van der Waals surface area (Å²) in [4.78, 5) is 0. The van der Waals surface area contributed by atoms with Gasteiger partial charge in [0.05, 0.1) is 12.8 Å². The second kappa shape index (κ2) is 5.78. The largest absolute Gasteiger partial charge is 0.497 e. The van der Waals surface area contributed by atoms with Crippen LogP contribution in [0.25, 0.3) is 16.9 Å². The lowest BCUT2D eigenvalue weighted by molar-refractivity contribution is 0.414. The summed E-state index contributed by atoms with van der Waals surface area (Å²) in [5.74, 6) is 0.863. The van der Waals surface area contributed by atoms with Gasteiger partial charge in [0.15, 0.2) is 0 Å². The van der Waals surface area contributed by atoms with Crippen LogP contribution in [0.15, 0.2) is 65.1 Å². The fourth-order valence-electron chi connectivity index (χ4n) is 2.48. The van der Waals surface area contributed by atoms with Crippen LogP contribution in [0.5, 0.6) is 5.75 Å². The number of aromatic nitrogens is 1. The van der Waals surface area contributed by atoms with Gasteiger partial charge in [0.2, 0.25) is 0 Å². The first-order chi connectivity index (χ1) is 10.2. The van der Waals surface area contributed by atoms with Gasteiger partial charge in [-0.15, -0.1) is 0 Å². The highest BCUT2D eigenvalue weighted by Gasteiger charge is 2.10. The molecule has 3 aromatic rings. The van der Waals surface area contributed by atoms with E-state index in [1.54, 1.807) is 7.11 Å². The van der Waals surface area contributed by atoms with Crippen molar-refractivity contribution in [2.24, 2.45) is 0 Å². The third-order valence-corrected chi connectivity index (χ3v) is 4.06. The number of hydrogen-bond acceptors (Lipinski definition) is 1. The van der Waals surface area contributed by atoms with Crippen molar-refractivity contribution >= 4 is 15.9 Å². The van der Waals surface area contributed by atoms with Crippen LogP contribution < -0.4 is 4.74 Å². The molecule has 0 fully saturated rings. The average molecular weight is 342 g/mol. The fourth-order valence-corrected chi connectivity index (χ4v) is 2.74. The van der Waals surface area contributed by atoms with Crippen LogP contribution in [0, 0.1) is 6.92 Å². The van der Waals surface area contributed by atoms with E-state index in [0.717, 1.165) is 15.9 Å². The quantitative estimate of drug-likeness (QED) is 0.636. The molecule has 3 rings (SSSR count). The van der Waals surface area contributed by atoms with Crippen LogP contribution in [-0.4, -0.2) is 11.7 Å². The zero-order valence-corrected chi connectivity index (χ0v) is 13.6. The van der Waals surface area contributed by atoms with Crippen LogP contribution in [0.1, 0.15) is 5.69 Å². The third-order valence-electron chi connectivity index (χ3n) is 3.53. The Kier molecular flexibility index (Phi) is 3.84. The van der Waals surface area contributed by atoms with E-state index in [1.165, 1.54) is 17.0 Å². The van der Waals surface area contributed by atoms with E-state index in [1.807, 2.05) is 12.1 Å². The van der Waals surface area contributed by atoms with Gasteiger partial charge in [-0.05, 0) is 48.9 Å². The molecule has 0 radical (unpaired) electrons. The van der Waals surface area contributed by atoms with Gasteiger partial charge < -0.3 is 9.30 Å². The fraction of sp³-hybridized carbons (Fsp3) is 0.111. The van der Waals surface area contributed by atoms with Crippen LogP contribution >= 0.6 is 15.9 Å². The van der Waals surface area contributed by atoms with E-state index >= 15 is 0 Å². The molecular formula is C18H16BrNO. The summed E-state index contributed by atoms with van der Waals surface area (Å²) in [6, 6.07) is 20.8. The Hall–Kier alpha value is -2.00. The summed E-state index contributed by atoms with van der Waals surface area (Å²) >= 11 is 3.48. The van der Waals surface area contributed by atoms with Crippen molar-refractivity contribution in [3.63, 3.8) is 0 Å². The highest BCUT2D eigenvalue weighted by atomic mass is 79.9. The van der Waals surface area contributed by atoms with Crippen molar-refractivity contribution in [3.8, 4) is 22.7 Å². The highest BCUT2D eigenvalue weighted by molar-refractivity contribution is 9.10. The second-order valence-corrected chi connectivity index (χ2v) is 5.82. The van der Waals surface area contributed by atoms with E-state index in [0.29, 0.717) is 0 Å². The van der Waals surface area contributed by atoms with Gasteiger partial charge in [-0.25, -0.2) is 0 Å². The molecule has 0 atom stereocenters. The van der Waals surface area contributed by atoms with Crippen LogP contribution in [-0.2, 0) is 0 Å². The molecule has 1 heterocycles. The zero-order chi connectivity index (χ0) is 14.8. The van der Waals surface area contributed by atoms with Crippen molar-refractivity contribution in [1.29, 1.82) is 0 Å². The number of aryl methyl sites for hydroxylation is 1. The predicted molar refractivity (Wildman–Crippen MR) is 90.2 cm³/mol. The molecule has 0 spiro atoms. The lowest BCUT2D eigenvalue weighted by Crippen LogP contribution is -1.99. The first-order valence-electron chi connectivity index (χ1n) is 6.78. The molecule has 0 N–H and O–H groups in total. The van der Waals surface area contributed by atoms with Crippen molar-refractivity contribution in [3.05, 3.63) is 70.8 Å². The third kappa shape index (κ3) is 2.74. The van der Waals surface area contributed by atoms with Gasteiger partial charge in [-0.3, -0.25) is 0 Å². The minimum atomic E-state index is 0.863. The van der Waals surface area contributed by atoms with Crippen molar-refractivity contribution in [2.75, 3.05) is 7.11 Å². The molecular weight excluding hydrogens is 326 g/mol. The van der Waals surface area contributed by atoms with Gasteiger partial charge in [0, 0.05) is 21.9 Å². The monoisotopic (exact) mass is 341 g/mol. The Labute approximate surface area is 133 Å². The van der Waals surface area contributed by atoms with Crippen LogP contribution in [0.4, 0.5) is 0 Å². The summed E-state index contributed by atoms with van der Waals surface area (Å²) in [5.41, 5.74) is 4.67. The Morgan fingerprint density at radius 2 is 1.71 bits per heavy atom. The molecule has 1 aromatic heterocycles. The van der Waals surface area contributed by atoms with Crippen molar-refractivity contribution < 1.29 is 4.74 Å². The van der Waals surface area contributed by atoms with E-state index < -0.39 is 0 Å². The maximum Gasteiger partial charge on any atom is 0.120 e. The SMILES string of the molecule is COc1cccc(-n2c(C)ccc2-c2ccc(Br)cc2)c1. The Morgan fingerprint density at radius 1 is 0.952 bits per heavy atom. The molecule has 0 amide bonds. The molecule has 3 heteroatoms. The molecule has 0 aliphatic rings. The normalized spacial score (nSPS) is 10.6. The minimum Gasteiger partial charge on any atom is -0.497 e. The molecule has 0 saturated carbocycles. The van der Waals surface area contributed by atoms with Gasteiger partial charge in [0.1, 0.15) is 5.75 Å². The zero-order valence-electron chi connectivity index (χ0n) is 12.0. The molecule has 0 saturated heterocycles. The average Bonchev–Trinajstić information content (AvgIpc) is 2.90. The van der Waals surface area contributed by atoms with Crippen molar-refractivity contribution in [1.82, 2.24) is 4.57 Å². The van der Waals surface area contributed by atoms with E-state index in [-0.39, 0.29) is 0 Å². The maximum absolute atomic E-state index is 5.33. The van der Waals surface area contributed by atoms with E-state index in [9.17, 15) is 0 Å². The molecule has 0 aliphatic carbocycles.